The van der Waals surface area contributed by atoms with E-state index in [0.717, 1.165) is 18.2 Å². The number of pyridine rings is 2. The molecule has 0 saturated carbocycles. The minimum atomic E-state index is -0.393. The molecule has 122 valence electrons. The van der Waals surface area contributed by atoms with Crippen LogP contribution in [0.25, 0.3) is 11.0 Å². The minimum Gasteiger partial charge on any atom is -0.445 e. The van der Waals surface area contributed by atoms with Gasteiger partial charge >= 0.3 is 0 Å². The van der Waals surface area contributed by atoms with Gasteiger partial charge in [-0.15, -0.1) is 0 Å². The summed E-state index contributed by atoms with van der Waals surface area (Å²) >= 11 is 5.90. The lowest BCUT2D eigenvalue weighted by molar-refractivity contribution is 0.0889. The van der Waals surface area contributed by atoms with E-state index in [9.17, 15) is 4.79 Å². The van der Waals surface area contributed by atoms with Gasteiger partial charge in [-0.1, -0.05) is 11.6 Å². The summed E-state index contributed by atoms with van der Waals surface area (Å²) in [6.45, 7) is 0.660. The average Bonchev–Trinajstić information content (AvgIpc) is 3.25. The molecule has 4 rings (SSSR count). The fourth-order valence-corrected chi connectivity index (χ4v) is 2.83. The van der Waals surface area contributed by atoms with E-state index in [2.05, 4.69) is 20.3 Å². The van der Waals surface area contributed by atoms with Gasteiger partial charge in [-0.3, -0.25) is 4.79 Å². The van der Waals surface area contributed by atoms with E-state index in [1.165, 1.54) is 12.6 Å². The maximum absolute atomic E-state index is 12.5. The summed E-state index contributed by atoms with van der Waals surface area (Å²) < 4.78 is 10.9. The molecule has 1 aliphatic heterocycles. The number of carbonyl (C=O) groups excluding carboxylic acids is 1. The SMILES string of the molecule is O=C(Nc1ccc2cc(Cl)cnc2n1)c1ncoc1C1CCCO1. The van der Waals surface area contributed by atoms with Gasteiger partial charge in [0.2, 0.25) is 0 Å². The first-order valence-electron chi connectivity index (χ1n) is 7.49. The van der Waals surface area contributed by atoms with Crippen LogP contribution in [0.3, 0.4) is 0 Å². The van der Waals surface area contributed by atoms with E-state index in [4.69, 9.17) is 20.8 Å². The Kier molecular flexibility index (Phi) is 3.87. The van der Waals surface area contributed by atoms with E-state index < -0.39 is 5.91 Å². The maximum Gasteiger partial charge on any atom is 0.279 e. The van der Waals surface area contributed by atoms with Crippen molar-refractivity contribution in [2.45, 2.75) is 18.9 Å². The Morgan fingerprint density at radius 3 is 3.08 bits per heavy atom. The van der Waals surface area contributed by atoms with E-state index in [-0.39, 0.29) is 11.8 Å². The van der Waals surface area contributed by atoms with Gasteiger partial charge in [0.25, 0.3) is 5.91 Å². The van der Waals surface area contributed by atoms with Crippen LogP contribution in [0.4, 0.5) is 5.82 Å². The third kappa shape index (κ3) is 2.83. The highest BCUT2D eigenvalue weighted by molar-refractivity contribution is 6.31. The van der Waals surface area contributed by atoms with Crippen molar-refractivity contribution in [1.29, 1.82) is 0 Å². The van der Waals surface area contributed by atoms with Crippen molar-refractivity contribution in [1.82, 2.24) is 15.0 Å². The molecule has 1 fully saturated rings. The van der Waals surface area contributed by atoms with E-state index in [1.807, 2.05) is 0 Å². The minimum absolute atomic E-state index is 0.216. The summed E-state index contributed by atoms with van der Waals surface area (Å²) in [5.74, 6) is 0.439. The second-order valence-electron chi connectivity index (χ2n) is 5.42. The average molecular weight is 345 g/mol. The largest absolute Gasteiger partial charge is 0.445 e. The van der Waals surface area contributed by atoms with Crippen molar-refractivity contribution in [2.24, 2.45) is 0 Å². The summed E-state index contributed by atoms with van der Waals surface area (Å²) in [5.41, 5.74) is 0.713. The number of hydrogen-bond acceptors (Lipinski definition) is 6. The number of halogens is 1. The Balaban J connectivity index is 1.58. The van der Waals surface area contributed by atoms with Crippen molar-refractivity contribution in [3.05, 3.63) is 47.3 Å². The smallest absolute Gasteiger partial charge is 0.279 e. The molecule has 0 radical (unpaired) electrons. The molecule has 1 unspecified atom stereocenters. The van der Waals surface area contributed by atoms with Gasteiger partial charge in [-0.05, 0) is 31.0 Å². The molecule has 0 bridgehead atoms. The van der Waals surface area contributed by atoms with Crippen molar-refractivity contribution in [2.75, 3.05) is 11.9 Å². The molecule has 0 aliphatic carbocycles. The Morgan fingerprint density at radius 1 is 1.33 bits per heavy atom. The Morgan fingerprint density at radius 2 is 2.25 bits per heavy atom. The Bertz CT molecular complexity index is 905. The molecule has 24 heavy (non-hydrogen) atoms. The molecule has 7 nitrogen and oxygen atoms in total. The first kappa shape index (κ1) is 15.0. The van der Waals surface area contributed by atoms with Crippen LogP contribution in [0.1, 0.15) is 35.2 Å². The molecule has 0 aromatic carbocycles. The molecule has 3 aromatic rings. The standard InChI is InChI=1S/C16H13ClN4O3/c17-10-6-9-3-4-12(20-15(9)18-7-10)21-16(22)13-14(24-8-19-13)11-2-1-5-23-11/h3-4,6-8,11H,1-2,5H2,(H,18,20,21,22). The van der Waals surface area contributed by atoms with Crippen molar-refractivity contribution >= 4 is 34.4 Å². The number of nitrogens with zero attached hydrogens (tertiary/aromatic N) is 3. The molecule has 4 heterocycles. The lowest BCUT2D eigenvalue weighted by Crippen LogP contribution is -2.16. The second-order valence-corrected chi connectivity index (χ2v) is 5.85. The lowest BCUT2D eigenvalue weighted by atomic mass is 10.1. The zero-order valence-electron chi connectivity index (χ0n) is 12.5. The first-order chi connectivity index (χ1) is 11.7. The molecule has 8 heteroatoms. The number of nitrogens with one attached hydrogen (secondary N) is 1. The number of ether oxygens (including phenoxy) is 1. The van der Waals surface area contributed by atoms with Crippen LogP contribution in [-0.4, -0.2) is 27.5 Å². The molecular formula is C16H13ClN4O3. The number of carbonyl (C=O) groups is 1. The third-order valence-corrected chi connectivity index (χ3v) is 3.99. The van der Waals surface area contributed by atoms with Crippen molar-refractivity contribution in [3.8, 4) is 0 Å². The van der Waals surface area contributed by atoms with Gasteiger partial charge in [0.1, 0.15) is 11.9 Å². The zero-order valence-corrected chi connectivity index (χ0v) is 13.3. The molecule has 3 aromatic heterocycles. The molecule has 1 aliphatic rings. The van der Waals surface area contributed by atoms with Crippen LogP contribution in [0.2, 0.25) is 5.02 Å². The zero-order chi connectivity index (χ0) is 16.5. The van der Waals surface area contributed by atoms with E-state index in [0.29, 0.717) is 28.9 Å². The Hall–Kier alpha value is -2.51. The number of amides is 1. The van der Waals surface area contributed by atoms with Crippen LogP contribution < -0.4 is 5.32 Å². The normalized spacial score (nSPS) is 17.3. The van der Waals surface area contributed by atoms with Gasteiger partial charge in [0.15, 0.2) is 23.5 Å². The fourth-order valence-electron chi connectivity index (χ4n) is 2.67. The topological polar surface area (TPSA) is 90.1 Å². The van der Waals surface area contributed by atoms with Gasteiger partial charge < -0.3 is 14.5 Å². The van der Waals surface area contributed by atoms with Gasteiger partial charge in [-0.2, -0.15) is 0 Å². The van der Waals surface area contributed by atoms with Crippen molar-refractivity contribution in [3.63, 3.8) is 0 Å². The summed E-state index contributed by atoms with van der Waals surface area (Å²) in [6.07, 6.45) is 4.29. The van der Waals surface area contributed by atoms with Gasteiger partial charge in [-0.25, -0.2) is 15.0 Å². The van der Waals surface area contributed by atoms with Crippen LogP contribution in [0.15, 0.2) is 35.2 Å². The molecule has 1 saturated heterocycles. The van der Waals surface area contributed by atoms with Crippen LogP contribution in [0.5, 0.6) is 0 Å². The monoisotopic (exact) mass is 344 g/mol. The van der Waals surface area contributed by atoms with Crippen molar-refractivity contribution < 1.29 is 13.9 Å². The fraction of sp³-hybridized carbons (Fsp3) is 0.250. The number of fused-ring (bicyclic) bond motifs is 1. The number of aromatic nitrogens is 3. The Labute approximate surface area is 142 Å². The lowest BCUT2D eigenvalue weighted by Gasteiger charge is -2.08. The van der Waals surface area contributed by atoms with Gasteiger partial charge in [0, 0.05) is 18.2 Å². The summed E-state index contributed by atoms with van der Waals surface area (Å²) in [7, 11) is 0. The second kappa shape index (κ2) is 6.18. The molecule has 1 atom stereocenters. The highest BCUT2D eigenvalue weighted by atomic mass is 35.5. The third-order valence-electron chi connectivity index (χ3n) is 3.78. The highest BCUT2D eigenvalue weighted by Gasteiger charge is 2.28. The number of anilines is 1. The predicted molar refractivity (Wildman–Crippen MR) is 86.9 cm³/mol. The summed E-state index contributed by atoms with van der Waals surface area (Å²) in [4.78, 5) is 24.9. The molecule has 1 N–H and O–H groups in total. The van der Waals surface area contributed by atoms with Crippen LogP contribution in [-0.2, 0) is 4.74 Å². The number of oxazole rings is 1. The molecule has 1 amide bonds. The van der Waals surface area contributed by atoms with Crippen LogP contribution >= 0.6 is 11.6 Å². The molecular weight excluding hydrogens is 332 g/mol. The predicted octanol–water partition coefficient (Wildman–Crippen LogP) is 3.38. The highest BCUT2D eigenvalue weighted by Crippen LogP contribution is 2.30. The summed E-state index contributed by atoms with van der Waals surface area (Å²) in [5, 5.41) is 4.04. The number of hydrogen-bond donors (Lipinski definition) is 1. The maximum atomic E-state index is 12.5. The van der Waals surface area contributed by atoms with Gasteiger partial charge in [0.05, 0.1) is 5.02 Å². The first-order valence-corrected chi connectivity index (χ1v) is 7.87. The van der Waals surface area contributed by atoms with E-state index in [1.54, 1.807) is 18.2 Å². The van der Waals surface area contributed by atoms with Crippen LogP contribution in [0, 0.1) is 0 Å². The quantitative estimate of drug-likeness (QED) is 0.783. The molecule has 0 spiro atoms. The van der Waals surface area contributed by atoms with E-state index >= 15 is 0 Å². The number of rotatable bonds is 3. The summed E-state index contributed by atoms with van der Waals surface area (Å²) in [6, 6.07) is 5.24.